The number of aromatic nitrogens is 1. The quantitative estimate of drug-likeness (QED) is 0.662. The molecule has 0 bridgehead atoms. The van der Waals surface area contributed by atoms with Crippen LogP contribution in [0.15, 0.2) is 42.6 Å². The monoisotopic (exact) mass is 274 g/mol. The number of nitrogens with zero attached hydrogens (tertiary/aromatic N) is 2. The van der Waals surface area contributed by atoms with Crippen LogP contribution < -0.4 is 4.74 Å². The third kappa shape index (κ3) is 3.29. The summed E-state index contributed by atoms with van der Waals surface area (Å²) >= 11 is 0. The van der Waals surface area contributed by atoms with Crippen molar-refractivity contribution in [2.75, 3.05) is 0 Å². The minimum Gasteiger partial charge on any atom is -0.487 e. The Kier molecular flexibility index (Phi) is 3.90. The average molecular weight is 274 g/mol. The normalized spacial score (nSPS) is 10.0. The van der Waals surface area contributed by atoms with Gasteiger partial charge >= 0.3 is 5.97 Å². The number of aromatic carboxylic acids is 1. The lowest BCUT2D eigenvalue weighted by atomic mass is 10.2. The van der Waals surface area contributed by atoms with E-state index >= 15 is 0 Å². The minimum absolute atomic E-state index is 0.00884. The number of ether oxygens (including phenoxy) is 1. The maximum Gasteiger partial charge on any atom is 0.354 e. The number of non-ortho nitro benzene ring substituents is 1. The van der Waals surface area contributed by atoms with Gasteiger partial charge in [-0.1, -0.05) is 12.1 Å². The Morgan fingerprint density at radius 2 is 2.15 bits per heavy atom. The molecule has 0 aliphatic carbocycles. The van der Waals surface area contributed by atoms with Gasteiger partial charge in [-0.3, -0.25) is 10.1 Å². The molecule has 0 unspecified atom stereocenters. The van der Waals surface area contributed by atoms with Crippen LogP contribution in [0.2, 0.25) is 0 Å². The molecule has 1 heterocycles. The van der Waals surface area contributed by atoms with Crippen molar-refractivity contribution in [3.63, 3.8) is 0 Å². The Morgan fingerprint density at radius 1 is 1.35 bits per heavy atom. The van der Waals surface area contributed by atoms with E-state index in [0.717, 1.165) is 0 Å². The number of hydrogen-bond donors (Lipinski definition) is 1. The third-order valence-electron chi connectivity index (χ3n) is 2.48. The van der Waals surface area contributed by atoms with E-state index < -0.39 is 10.9 Å². The second-order valence-electron chi connectivity index (χ2n) is 3.90. The molecule has 0 spiro atoms. The van der Waals surface area contributed by atoms with Crippen LogP contribution in [0.1, 0.15) is 16.1 Å². The molecule has 7 heteroatoms. The van der Waals surface area contributed by atoms with Crippen molar-refractivity contribution < 1.29 is 19.6 Å². The third-order valence-corrected chi connectivity index (χ3v) is 2.48. The largest absolute Gasteiger partial charge is 0.487 e. The van der Waals surface area contributed by atoms with Crippen molar-refractivity contribution in [1.82, 2.24) is 4.98 Å². The topological polar surface area (TPSA) is 103 Å². The molecule has 0 atom stereocenters. The van der Waals surface area contributed by atoms with E-state index in [1.807, 2.05) is 0 Å². The molecule has 0 amide bonds. The highest BCUT2D eigenvalue weighted by molar-refractivity contribution is 5.85. The lowest BCUT2D eigenvalue weighted by Gasteiger charge is -2.05. The van der Waals surface area contributed by atoms with Gasteiger partial charge in [-0.15, -0.1) is 0 Å². The summed E-state index contributed by atoms with van der Waals surface area (Å²) in [6.07, 6.45) is 1.29. The summed E-state index contributed by atoms with van der Waals surface area (Å²) < 4.78 is 5.38. The summed E-state index contributed by atoms with van der Waals surface area (Å²) in [4.78, 5) is 24.5. The van der Waals surface area contributed by atoms with Gasteiger partial charge in [-0.2, -0.15) is 0 Å². The Labute approximate surface area is 113 Å². The average Bonchev–Trinajstić information content (AvgIpc) is 2.46. The first-order valence-electron chi connectivity index (χ1n) is 5.62. The number of carboxylic acids is 1. The summed E-state index contributed by atoms with van der Waals surface area (Å²) in [6.45, 7) is 0.135. The standard InChI is InChI=1S/C13H10N2O5/c16-13(17)12-5-4-11(7-14-12)20-8-9-2-1-3-10(6-9)15(18)19/h1-7H,8H2,(H,16,17). The summed E-state index contributed by atoms with van der Waals surface area (Å²) in [5.74, 6) is -0.725. The lowest BCUT2D eigenvalue weighted by Crippen LogP contribution is -2.01. The van der Waals surface area contributed by atoms with Crippen LogP contribution in [0.25, 0.3) is 0 Å². The van der Waals surface area contributed by atoms with Crippen molar-refractivity contribution in [2.24, 2.45) is 0 Å². The number of nitro groups is 1. The molecule has 0 saturated heterocycles. The van der Waals surface area contributed by atoms with Crippen LogP contribution in [0.4, 0.5) is 5.69 Å². The van der Waals surface area contributed by atoms with Crippen molar-refractivity contribution >= 4 is 11.7 Å². The molecule has 7 nitrogen and oxygen atoms in total. The molecular formula is C13H10N2O5. The molecule has 0 saturated carbocycles. The molecule has 102 valence electrons. The Balaban J connectivity index is 2.03. The Morgan fingerprint density at radius 3 is 2.75 bits per heavy atom. The fourth-order valence-electron chi connectivity index (χ4n) is 1.52. The van der Waals surface area contributed by atoms with Crippen LogP contribution >= 0.6 is 0 Å². The summed E-state index contributed by atoms with van der Waals surface area (Å²) in [5.41, 5.74) is 0.555. The SMILES string of the molecule is O=C(O)c1ccc(OCc2cccc([N+](=O)[O-])c2)cn1. The second kappa shape index (κ2) is 5.79. The lowest BCUT2D eigenvalue weighted by molar-refractivity contribution is -0.384. The molecule has 0 aliphatic heterocycles. The van der Waals surface area contributed by atoms with Crippen LogP contribution in [0.3, 0.4) is 0 Å². The number of benzene rings is 1. The number of hydrogen-bond acceptors (Lipinski definition) is 5. The highest BCUT2D eigenvalue weighted by Crippen LogP contribution is 2.16. The van der Waals surface area contributed by atoms with E-state index in [9.17, 15) is 14.9 Å². The van der Waals surface area contributed by atoms with Crippen LogP contribution in [0, 0.1) is 10.1 Å². The first kappa shape index (κ1) is 13.5. The predicted molar refractivity (Wildman–Crippen MR) is 68.6 cm³/mol. The van der Waals surface area contributed by atoms with E-state index in [2.05, 4.69) is 4.98 Å². The maximum absolute atomic E-state index is 10.6. The summed E-state index contributed by atoms with van der Waals surface area (Å²) in [6, 6.07) is 8.89. The van der Waals surface area contributed by atoms with Crippen molar-refractivity contribution in [3.8, 4) is 5.75 Å². The van der Waals surface area contributed by atoms with Crippen molar-refractivity contribution in [3.05, 3.63) is 64.0 Å². The molecule has 2 aromatic rings. The molecule has 0 radical (unpaired) electrons. The number of nitro benzene ring substituents is 1. The van der Waals surface area contributed by atoms with Gasteiger partial charge in [0.1, 0.15) is 18.1 Å². The number of carbonyl (C=O) groups is 1. The van der Waals surface area contributed by atoms with Crippen LogP contribution in [0.5, 0.6) is 5.75 Å². The molecule has 20 heavy (non-hydrogen) atoms. The zero-order valence-electron chi connectivity index (χ0n) is 10.2. The van der Waals surface area contributed by atoms with Crippen molar-refractivity contribution in [1.29, 1.82) is 0 Å². The predicted octanol–water partition coefficient (Wildman–Crippen LogP) is 2.27. The van der Waals surface area contributed by atoms with E-state index in [1.165, 1.54) is 30.5 Å². The van der Waals surface area contributed by atoms with Crippen LogP contribution in [-0.2, 0) is 6.61 Å². The molecule has 1 aromatic heterocycles. The van der Waals surface area contributed by atoms with Gasteiger partial charge in [-0.05, 0) is 17.7 Å². The molecule has 0 fully saturated rings. The van der Waals surface area contributed by atoms with Gasteiger partial charge in [0, 0.05) is 12.1 Å². The van der Waals surface area contributed by atoms with Gasteiger partial charge in [0.15, 0.2) is 0 Å². The Hall–Kier alpha value is -2.96. The van der Waals surface area contributed by atoms with Gasteiger partial charge in [0.05, 0.1) is 11.1 Å². The zero-order valence-corrected chi connectivity index (χ0v) is 10.2. The summed E-state index contributed by atoms with van der Waals surface area (Å²) in [7, 11) is 0. The fourth-order valence-corrected chi connectivity index (χ4v) is 1.52. The summed E-state index contributed by atoms with van der Waals surface area (Å²) in [5, 5.41) is 19.3. The van der Waals surface area contributed by atoms with Crippen LogP contribution in [-0.4, -0.2) is 21.0 Å². The van der Waals surface area contributed by atoms with Gasteiger partial charge in [0.25, 0.3) is 5.69 Å². The number of rotatable bonds is 5. The van der Waals surface area contributed by atoms with E-state index in [0.29, 0.717) is 11.3 Å². The number of carboxylic acid groups (broad SMARTS) is 1. The zero-order chi connectivity index (χ0) is 14.5. The molecule has 1 aromatic carbocycles. The highest BCUT2D eigenvalue weighted by atomic mass is 16.6. The first-order valence-corrected chi connectivity index (χ1v) is 5.62. The molecular weight excluding hydrogens is 264 g/mol. The second-order valence-corrected chi connectivity index (χ2v) is 3.90. The van der Waals surface area contributed by atoms with Gasteiger partial charge in [-0.25, -0.2) is 9.78 Å². The molecule has 1 N–H and O–H groups in total. The number of pyridine rings is 1. The first-order chi connectivity index (χ1) is 9.56. The maximum atomic E-state index is 10.6. The molecule has 0 aliphatic rings. The van der Waals surface area contributed by atoms with Crippen molar-refractivity contribution in [2.45, 2.75) is 6.61 Å². The van der Waals surface area contributed by atoms with E-state index in [1.54, 1.807) is 12.1 Å². The minimum atomic E-state index is -1.12. The highest BCUT2D eigenvalue weighted by Gasteiger charge is 2.07. The molecule has 2 rings (SSSR count). The Bertz CT molecular complexity index is 639. The fraction of sp³-hybridized carbons (Fsp3) is 0.0769. The smallest absolute Gasteiger partial charge is 0.354 e. The van der Waals surface area contributed by atoms with E-state index in [-0.39, 0.29) is 18.0 Å². The van der Waals surface area contributed by atoms with Gasteiger partial charge in [0.2, 0.25) is 0 Å². The van der Waals surface area contributed by atoms with Gasteiger partial charge < -0.3 is 9.84 Å². The van der Waals surface area contributed by atoms with E-state index in [4.69, 9.17) is 9.84 Å².